The fraction of sp³-hybridized carbons (Fsp3) is 0.421. The average Bonchev–Trinajstić information content (AvgIpc) is 3.22. The lowest BCUT2D eigenvalue weighted by atomic mass is 10.0. The third-order valence-corrected chi connectivity index (χ3v) is 7.16. The molecule has 0 bridgehead atoms. The van der Waals surface area contributed by atoms with Gasteiger partial charge in [-0.05, 0) is 36.5 Å². The van der Waals surface area contributed by atoms with Crippen molar-refractivity contribution in [3.8, 4) is 0 Å². The predicted octanol–water partition coefficient (Wildman–Crippen LogP) is 2.10. The minimum atomic E-state index is -3.63. The fourth-order valence-electron chi connectivity index (χ4n) is 2.90. The van der Waals surface area contributed by atoms with E-state index < -0.39 is 10.0 Å². The lowest BCUT2D eigenvalue weighted by Gasteiger charge is -2.30. The molecule has 2 aromatic rings. The second-order valence-electron chi connectivity index (χ2n) is 6.13. The normalized spacial score (nSPS) is 12.9. The number of carbonyl (C=O) groups is 1. The molecule has 0 saturated heterocycles. The molecule has 0 aliphatic carbocycles. The Bertz CT molecular complexity index is 789. The van der Waals surface area contributed by atoms with Gasteiger partial charge in [0.15, 0.2) is 0 Å². The van der Waals surface area contributed by atoms with Crippen LogP contribution in [0, 0.1) is 0 Å². The molecule has 8 heteroatoms. The first-order chi connectivity index (χ1) is 13.0. The van der Waals surface area contributed by atoms with Crippen molar-refractivity contribution in [3.63, 3.8) is 0 Å². The Hall–Kier alpha value is -1.74. The van der Waals surface area contributed by atoms with Crippen molar-refractivity contribution in [2.24, 2.45) is 0 Å². The molecule has 148 valence electrons. The molecule has 2 N–H and O–H groups in total. The van der Waals surface area contributed by atoms with Gasteiger partial charge in [0.25, 0.3) is 10.0 Å². The first-order valence-corrected chi connectivity index (χ1v) is 11.4. The van der Waals surface area contributed by atoms with Crippen LogP contribution in [0.1, 0.15) is 19.4 Å². The summed E-state index contributed by atoms with van der Waals surface area (Å²) in [6, 6.07) is 13.5. The van der Waals surface area contributed by atoms with E-state index in [-0.39, 0.29) is 22.7 Å². The number of sulfonamides is 1. The van der Waals surface area contributed by atoms with Crippen LogP contribution in [0.3, 0.4) is 0 Å². The van der Waals surface area contributed by atoms with Crippen LogP contribution in [0.15, 0.2) is 52.1 Å². The van der Waals surface area contributed by atoms with Gasteiger partial charge in [-0.2, -0.15) is 0 Å². The average molecular weight is 410 g/mol. The summed E-state index contributed by atoms with van der Waals surface area (Å²) in [5.74, 6) is -0.333. The minimum absolute atomic E-state index is 0.153. The quantitative estimate of drug-likeness (QED) is 0.596. The van der Waals surface area contributed by atoms with Crippen LogP contribution in [0.4, 0.5) is 0 Å². The summed E-state index contributed by atoms with van der Waals surface area (Å²) < 4.78 is 26.7. The highest BCUT2D eigenvalue weighted by Crippen LogP contribution is 2.14. The number of benzene rings is 1. The molecular weight excluding hydrogens is 382 g/mol. The van der Waals surface area contributed by atoms with Gasteiger partial charge in [0.1, 0.15) is 4.21 Å². The second kappa shape index (κ2) is 10.6. The van der Waals surface area contributed by atoms with Gasteiger partial charge in [-0.1, -0.05) is 50.2 Å². The van der Waals surface area contributed by atoms with E-state index in [2.05, 4.69) is 40.9 Å². The van der Waals surface area contributed by atoms with E-state index in [1.165, 1.54) is 11.6 Å². The Morgan fingerprint density at radius 3 is 2.41 bits per heavy atom. The van der Waals surface area contributed by atoms with Gasteiger partial charge >= 0.3 is 0 Å². The fourth-order valence-corrected chi connectivity index (χ4v) is 4.92. The molecule has 27 heavy (non-hydrogen) atoms. The van der Waals surface area contributed by atoms with Gasteiger partial charge in [0, 0.05) is 12.6 Å². The van der Waals surface area contributed by atoms with Crippen molar-refractivity contribution >= 4 is 27.3 Å². The molecule has 0 fully saturated rings. The maximum atomic E-state index is 12.2. The molecule has 2 rings (SSSR count). The van der Waals surface area contributed by atoms with E-state index in [1.54, 1.807) is 11.4 Å². The Labute approximate surface area is 165 Å². The third kappa shape index (κ3) is 6.73. The van der Waals surface area contributed by atoms with Crippen LogP contribution in [-0.2, 0) is 21.2 Å². The van der Waals surface area contributed by atoms with Crippen LogP contribution in [0.25, 0.3) is 0 Å². The molecule has 1 heterocycles. The molecule has 1 aromatic carbocycles. The highest BCUT2D eigenvalue weighted by Gasteiger charge is 2.19. The smallest absolute Gasteiger partial charge is 0.250 e. The summed E-state index contributed by atoms with van der Waals surface area (Å²) >= 11 is 1.12. The molecule has 6 nitrogen and oxygen atoms in total. The van der Waals surface area contributed by atoms with Crippen molar-refractivity contribution in [3.05, 3.63) is 53.4 Å². The highest BCUT2D eigenvalue weighted by molar-refractivity contribution is 7.91. The molecule has 0 saturated carbocycles. The van der Waals surface area contributed by atoms with E-state index in [0.717, 1.165) is 30.8 Å². The Morgan fingerprint density at radius 1 is 1.11 bits per heavy atom. The number of amides is 1. The van der Waals surface area contributed by atoms with Crippen molar-refractivity contribution in [1.29, 1.82) is 0 Å². The lowest BCUT2D eigenvalue weighted by molar-refractivity contribution is -0.120. The van der Waals surface area contributed by atoms with Gasteiger partial charge in [0.05, 0.1) is 6.54 Å². The number of nitrogens with zero attached hydrogens (tertiary/aromatic N) is 1. The molecule has 1 aromatic heterocycles. The predicted molar refractivity (Wildman–Crippen MR) is 109 cm³/mol. The third-order valence-electron chi connectivity index (χ3n) is 4.36. The number of thiophene rings is 1. The van der Waals surface area contributed by atoms with Gasteiger partial charge < -0.3 is 5.32 Å². The molecule has 1 atom stereocenters. The number of carbonyl (C=O) groups excluding carboxylic acids is 1. The van der Waals surface area contributed by atoms with Crippen LogP contribution in [-0.4, -0.2) is 51.4 Å². The first kappa shape index (κ1) is 21.6. The Kier molecular flexibility index (Phi) is 8.43. The van der Waals surface area contributed by atoms with Crippen LogP contribution in [0.5, 0.6) is 0 Å². The van der Waals surface area contributed by atoms with E-state index in [4.69, 9.17) is 0 Å². The van der Waals surface area contributed by atoms with Gasteiger partial charge in [0.2, 0.25) is 5.91 Å². The van der Waals surface area contributed by atoms with E-state index in [1.807, 2.05) is 18.2 Å². The SMILES string of the molecule is CCN(CC)C(CNC(=O)CNS(=O)(=O)c1cccs1)Cc1ccccc1. The standard InChI is InChI=1S/C19H27N3O3S2/c1-3-22(4-2)17(13-16-9-6-5-7-10-16)14-20-18(23)15-21-27(24,25)19-11-8-12-26-19/h5-12,17,21H,3-4,13-15H2,1-2H3,(H,20,23). The molecule has 0 radical (unpaired) electrons. The first-order valence-electron chi connectivity index (χ1n) is 9.04. The zero-order valence-electron chi connectivity index (χ0n) is 15.7. The molecular formula is C19H27N3O3S2. The molecule has 0 aliphatic heterocycles. The maximum absolute atomic E-state index is 12.2. The van der Waals surface area contributed by atoms with Gasteiger partial charge in [-0.15, -0.1) is 11.3 Å². The molecule has 1 amide bonds. The zero-order valence-corrected chi connectivity index (χ0v) is 17.4. The van der Waals surface area contributed by atoms with Crippen molar-refractivity contribution in [2.45, 2.75) is 30.5 Å². The second-order valence-corrected chi connectivity index (χ2v) is 9.07. The highest BCUT2D eigenvalue weighted by atomic mass is 32.2. The summed E-state index contributed by atoms with van der Waals surface area (Å²) in [7, 11) is -3.63. The number of rotatable bonds is 11. The number of hydrogen-bond donors (Lipinski definition) is 2. The Morgan fingerprint density at radius 2 is 1.81 bits per heavy atom. The van der Waals surface area contributed by atoms with Gasteiger partial charge in [-0.3, -0.25) is 9.69 Å². The summed E-state index contributed by atoms with van der Waals surface area (Å²) in [6.45, 7) is 6.16. The Balaban J connectivity index is 1.90. The van der Waals surface area contributed by atoms with Gasteiger partial charge in [-0.25, -0.2) is 13.1 Å². The summed E-state index contributed by atoms with van der Waals surface area (Å²) in [4.78, 5) is 14.5. The number of hydrogen-bond acceptors (Lipinski definition) is 5. The van der Waals surface area contributed by atoms with E-state index >= 15 is 0 Å². The van der Waals surface area contributed by atoms with Crippen LogP contribution >= 0.6 is 11.3 Å². The lowest BCUT2D eigenvalue weighted by Crippen LogP contribution is -2.47. The summed E-state index contributed by atoms with van der Waals surface area (Å²) in [5.41, 5.74) is 1.21. The van der Waals surface area contributed by atoms with Crippen molar-refractivity contribution in [2.75, 3.05) is 26.2 Å². The maximum Gasteiger partial charge on any atom is 0.250 e. The molecule has 1 unspecified atom stereocenters. The number of likely N-dealkylation sites (N-methyl/N-ethyl adjacent to an activating group) is 1. The van der Waals surface area contributed by atoms with Crippen molar-refractivity contribution < 1.29 is 13.2 Å². The monoisotopic (exact) mass is 409 g/mol. The minimum Gasteiger partial charge on any atom is -0.353 e. The molecule has 0 aliphatic rings. The largest absolute Gasteiger partial charge is 0.353 e. The topological polar surface area (TPSA) is 78.5 Å². The van der Waals surface area contributed by atoms with E-state index in [9.17, 15) is 13.2 Å². The summed E-state index contributed by atoms with van der Waals surface area (Å²) in [5, 5.41) is 4.55. The molecule has 0 spiro atoms. The number of nitrogens with one attached hydrogen (secondary N) is 2. The van der Waals surface area contributed by atoms with Crippen molar-refractivity contribution in [1.82, 2.24) is 14.9 Å². The van der Waals surface area contributed by atoms with Crippen LogP contribution < -0.4 is 10.0 Å². The summed E-state index contributed by atoms with van der Waals surface area (Å²) in [6.07, 6.45) is 0.823. The van der Waals surface area contributed by atoms with Crippen LogP contribution in [0.2, 0.25) is 0 Å². The van der Waals surface area contributed by atoms with E-state index in [0.29, 0.717) is 6.54 Å². The zero-order chi connectivity index (χ0) is 19.7.